The molecule has 0 saturated carbocycles. The average molecular weight is 547 g/mol. The first-order chi connectivity index (χ1) is 17.0. The molecule has 15 heteroatoms. The third-order valence-corrected chi connectivity index (χ3v) is 7.27. The molecule has 0 unspecified atom stereocenters. The van der Waals surface area contributed by atoms with E-state index in [1.807, 2.05) is 0 Å². The molecule has 8 nitrogen and oxygen atoms in total. The number of nitrogens with one attached hydrogen (secondary N) is 1. The highest BCUT2D eigenvalue weighted by Crippen LogP contribution is 2.51. The highest BCUT2D eigenvalue weighted by Gasteiger charge is 2.72. The fraction of sp³-hybridized carbons (Fsp3) is 0.227. The van der Waals surface area contributed by atoms with Crippen molar-refractivity contribution in [3.8, 4) is 6.07 Å². The highest BCUT2D eigenvalue weighted by atomic mass is 32.2. The van der Waals surface area contributed by atoms with Gasteiger partial charge < -0.3 is 10.4 Å². The van der Waals surface area contributed by atoms with Crippen molar-refractivity contribution in [1.29, 1.82) is 5.26 Å². The Morgan fingerprint density at radius 3 is 2.05 bits per heavy atom. The van der Waals surface area contributed by atoms with Gasteiger partial charge >= 0.3 is 18.4 Å². The maximum absolute atomic E-state index is 13.3. The van der Waals surface area contributed by atoms with Crippen LogP contribution in [0.5, 0.6) is 0 Å². The Bertz CT molecular complexity index is 1520. The van der Waals surface area contributed by atoms with E-state index in [1.165, 1.54) is 13.0 Å². The van der Waals surface area contributed by atoms with Gasteiger partial charge in [0.25, 0.3) is 11.3 Å². The third kappa shape index (κ3) is 4.59. The van der Waals surface area contributed by atoms with Gasteiger partial charge in [0.15, 0.2) is 9.84 Å². The summed E-state index contributed by atoms with van der Waals surface area (Å²) < 4.78 is 105. The molecule has 3 rings (SSSR count). The van der Waals surface area contributed by atoms with Gasteiger partial charge in [-0.2, -0.15) is 31.6 Å². The smallest absolute Gasteiger partial charge is 0.420 e. The monoisotopic (exact) mass is 547 g/mol. The molecular formula is C22H15F6N3O5S. The topological polar surface area (TPSA) is 129 Å². The molecule has 1 amide bonds. The van der Waals surface area contributed by atoms with Gasteiger partial charge in [-0.05, 0) is 29.8 Å². The fourth-order valence-corrected chi connectivity index (χ4v) is 4.53. The van der Waals surface area contributed by atoms with Crippen LogP contribution in [0.2, 0.25) is 0 Å². The van der Waals surface area contributed by atoms with Crippen LogP contribution in [0.1, 0.15) is 23.0 Å². The minimum atomic E-state index is -6.00. The molecule has 2 N–H and O–H groups in total. The minimum absolute atomic E-state index is 0.0178. The minimum Gasteiger partial charge on any atom is -0.464 e. The predicted molar refractivity (Wildman–Crippen MR) is 117 cm³/mol. The number of benzene rings is 2. The average Bonchev–Trinajstić information content (AvgIpc) is 3.18. The molecule has 1 heterocycles. The van der Waals surface area contributed by atoms with Crippen LogP contribution >= 0.6 is 0 Å². The number of anilines is 1. The number of carbonyl (C=O) groups is 2. The molecule has 0 spiro atoms. The molecule has 0 aliphatic carbocycles. The van der Waals surface area contributed by atoms with E-state index in [0.29, 0.717) is 34.9 Å². The number of nitriles is 1. The standard InChI is InChI=1S/C22H15F6N3O5S/c1-2-37(35,36)15-7-8-16-12(9-15)10-31(19(33)34)17(16)18(32)30-14-5-3-13(4-6-14)20(11-29,21(23,24)25)22(26,27)28/h3-10H,2H2,1H3,(H,30,32)(H,33,34). The zero-order valence-electron chi connectivity index (χ0n) is 18.5. The first-order valence-electron chi connectivity index (χ1n) is 10.1. The largest absolute Gasteiger partial charge is 0.464 e. The zero-order valence-corrected chi connectivity index (χ0v) is 19.3. The van der Waals surface area contributed by atoms with E-state index in [0.717, 1.165) is 18.3 Å². The van der Waals surface area contributed by atoms with Crippen LogP contribution in [0.4, 0.5) is 36.8 Å². The molecular weight excluding hydrogens is 532 g/mol. The number of alkyl halides is 6. The van der Waals surface area contributed by atoms with Crippen LogP contribution in [-0.2, 0) is 15.3 Å². The van der Waals surface area contributed by atoms with Gasteiger partial charge in [-0.3, -0.25) is 4.79 Å². The Morgan fingerprint density at radius 2 is 1.59 bits per heavy atom. The highest BCUT2D eigenvalue weighted by molar-refractivity contribution is 7.91. The molecule has 0 aliphatic rings. The van der Waals surface area contributed by atoms with Gasteiger partial charge in [-0.15, -0.1) is 0 Å². The number of sulfone groups is 1. The lowest BCUT2D eigenvalue weighted by molar-refractivity contribution is -0.283. The molecule has 0 bridgehead atoms. The van der Waals surface area contributed by atoms with Crippen molar-refractivity contribution in [2.45, 2.75) is 29.6 Å². The second-order valence-electron chi connectivity index (χ2n) is 7.67. The number of aromatic nitrogens is 1. The number of nitrogens with zero attached hydrogens (tertiary/aromatic N) is 2. The summed E-state index contributed by atoms with van der Waals surface area (Å²) >= 11 is 0. The van der Waals surface area contributed by atoms with Crippen LogP contribution in [0.25, 0.3) is 10.8 Å². The van der Waals surface area contributed by atoms with Gasteiger partial charge in [-0.1, -0.05) is 25.1 Å². The molecule has 1 aromatic heterocycles. The van der Waals surface area contributed by atoms with Crippen molar-refractivity contribution in [2.24, 2.45) is 0 Å². The van der Waals surface area contributed by atoms with E-state index in [9.17, 15) is 49.5 Å². The fourth-order valence-electron chi connectivity index (χ4n) is 3.61. The maximum atomic E-state index is 13.3. The second kappa shape index (κ2) is 9.11. The Morgan fingerprint density at radius 1 is 1.03 bits per heavy atom. The predicted octanol–water partition coefficient (Wildman–Crippen LogP) is 5.10. The Labute approximate surface area is 204 Å². The molecule has 0 fully saturated rings. The number of rotatable bonds is 5. The van der Waals surface area contributed by atoms with Crippen LogP contribution < -0.4 is 5.32 Å². The lowest BCUT2D eigenvalue weighted by Gasteiger charge is -2.31. The number of carboxylic acid groups (broad SMARTS) is 1. The van der Waals surface area contributed by atoms with Gasteiger partial charge in [0, 0.05) is 22.7 Å². The van der Waals surface area contributed by atoms with E-state index in [1.54, 1.807) is 0 Å². The van der Waals surface area contributed by atoms with E-state index >= 15 is 0 Å². The Kier molecular flexibility index (Phi) is 6.78. The maximum Gasteiger partial charge on any atom is 0.420 e. The third-order valence-electron chi connectivity index (χ3n) is 5.54. The van der Waals surface area contributed by atoms with Crippen LogP contribution in [0, 0.1) is 11.3 Å². The zero-order chi connectivity index (χ0) is 28.0. The number of hydrogen-bond acceptors (Lipinski definition) is 5. The van der Waals surface area contributed by atoms with Gasteiger partial charge in [-0.25, -0.2) is 17.8 Å². The summed E-state index contributed by atoms with van der Waals surface area (Å²) in [5.41, 5.74) is -7.03. The number of fused-ring (bicyclic) bond motifs is 1. The number of halogens is 6. The normalized spacial score (nSPS) is 12.8. The summed E-state index contributed by atoms with van der Waals surface area (Å²) in [6.45, 7) is 1.40. The van der Waals surface area contributed by atoms with E-state index in [2.05, 4.69) is 5.32 Å². The van der Waals surface area contributed by atoms with Crippen molar-refractivity contribution in [3.63, 3.8) is 0 Å². The lowest BCUT2D eigenvalue weighted by atomic mass is 9.80. The van der Waals surface area contributed by atoms with Gasteiger partial charge in [0.05, 0.1) is 16.7 Å². The number of amides is 1. The molecule has 37 heavy (non-hydrogen) atoms. The van der Waals surface area contributed by atoms with Crippen LogP contribution in [0.3, 0.4) is 0 Å². The molecule has 0 atom stereocenters. The Balaban J connectivity index is 2.03. The Hall–Kier alpha value is -4.06. The molecule has 0 aliphatic heterocycles. The summed E-state index contributed by atoms with van der Waals surface area (Å²) in [5, 5.41) is 20.6. The van der Waals surface area contributed by atoms with E-state index < -0.39 is 50.9 Å². The SMILES string of the molecule is CCS(=O)(=O)c1ccc2c(C(=O)Nc3ccc(C(C#N)(C(F)(F)F)C(F)(F)F)cc3)n(C(=O)O)cc2c1. The van der Waals surface area contributed by atoms with Gasteiger partial charge in [0.1, 0.15) is 5.69 Å². The molecule has 2 aromatic carbocycles. The first kappa shape index (κ1) is 27.5. The molecule has 0 saturated heterocycles. The van der Waals surface area contributed by atoms with Crippen molar-refractivity contribution in [1.82, 2.24) is 4.57 Å². The summed E-state index contributed by atoms with van der Waals surface area (Å²) in [7, 11) is -3.66. The lowest BCUT2D eigenvalue weighted by Crippen LogP contribution is -2.52. The number of hydrogen-bond donors (Lipinski definition) is 2. The van der Waals surface area contributed by atoms with Gasteiger partial charge in [0.2, 0.25) is 0 Å². The van der Waals surface area contributed by atoms with E-state index in [-0.39, 0.29) is 27.1 Å². The second-order valence-corrected chi connectivity index (χ2v) is 9.95. The van der Waals surface area contributed by atoms with Crippen LogP contribution in [-0.4, -0.2) is 48.2 Å². The first-order valence-corrected chi connectivity index (χ1v) is 11.7. The summed E-state index contributed by atoms with van der Waals surface area (Å²) in [6.07, 6.45) is -12.6. The summed E-state index contributed by atoms with van der Waals surface area (Å²) in [5.74, 6) is -1.34. The molecule has 0 radical (unpaired) electrons. The molecule has 196 valence electrons. The van der Waals surface area contributed by atoms with Crippen molar-refractivity contribution < 1.29 is 49.5 Å². The summed E-state index contributed by atoms with van der Waals surface area (Å²) in [4.78, 5) is 24.4. The van der Waals surface area contributed by atoms with Crippen LogP contribution in [0.15, 0.2) is 53.6 Å². The summed E-state index contributed by atoms with van der Waals surface area (Å²) in [6, 6.07) is 5.95. The van der Waals surface area contributed by atoms with Crippen molar-refractivity contribution >= 4 is 38.3 Å². The van der Waals surface area contributed by atoms with E-state index in [4.69, 9.17) is 5.26 Å². The quantitative estimate of drug-likeness (QED) is 0.428. The van der Waals surface area contributed by atoms with Crippen molar-refractivity contribution in [3.05, 3.63) is 59.9 Å². The molecule has 3 aromatic rings. The number of carbonyl (C=O) groups excluding carboxylic acids is 1. The van der Waals surface area contributed by atoms with Crippen molar-refractivity contribution in [2.75, 3.05) is 11.1 Å².